The van der Waals surface area contributed by atoms with Gasteiger partial charge < -0.3 is 5.73 Å². The van der Waals surface area contributed by atoms with Crippen molar-refractivity contribution in [2.45, 2.75) is 18.6 Å². The van der Waals surface area contributed by atoms with E-state index in [1.165, 1.54) is 6.92 Å². The zero-order valence-electron chi connectivity index (χ0n) is 8.43. The number of hydrogen-bond donors (Lipinski definition) is 1. The quantitative estimate of drug-likeness (QED) is 0.658. The Labute approximate surface area is 85.5 Å². The lowest BCUT2D eigenvalue weighted by atomic mass is 10.5. The maximum Gasteiger partial charge on any atom is 0.154 e. The van der Waals surface area contributed by atoms with Crippen LogP contribution >= 0.6 is 0 Å². The van der Waals surface area contributed by atoms with E-state index in [0.29, 0.717) is 0 Å². The number of sulfone groups is 2. The summed E-state index contributed by atoms with van der Waals surface area (Å²) in [7, 11) is -6.30. The van der Waals surface area contributed by atoms with Crippen LogP contribution in [0.1, 0.15) is 13.3 Å². The molecule has 0 bridgehead atoms. The molecule has 1 atom stereocenters. The third-order valence-electron chi connectivity index (χ3n) is 1.89. The Morgan fingerprint density at radius 3 is 2.00 bits per heavy atom. The summed E-state index contributed by atoms with van der Waals surface area (Å²) in [5.74, 6) is -0.206. The van der Waals surface area contributed by atoms with Crippen LogP contribution in [0.25, 0.3) is 0 Å². The van der Waals surface area contributed by atoms with Crippen molar-refractivity contribution in [1.29, 1.82) is 0 Å². The molecule has 1 unspecified atom stereocenters. The van der Waals surface area contributed by atoms with Crippen LogP contribution in [0.2, 0.25) is 0 Å². The summed E-state index contributed by atoms with van der Waals surface area (Å²) in [6, 6.07) is 0. The molecule has 0 aromatic carbocycles. The van der Waals surface area contributed by atoms with Crippen molar-refractivity contribution >= 4 is 19.7 Å². The van der Waals surface area contributed by atoms with E-state index in [0.717, 1.165) is 6.26 Å². The Hall–Kier alpha value is -0.140. The van der Waals surface area contributed by atoms with E-state index in [9.17, 15) is 16.8 Å². The molecule has 0 amide bonds. The highest BCUT2D eigenvalue weighted by atomic mass is 32.2. The van der Waals surface area contributed by atoms with Crippen LogP contribution in [0.4, 0.5) is 0 Å². The largest absolute Gasteiger partial charge is 0.329 e. The molecule has 0 aliphatic heterocycles. The summed E-state index contributed by atoms with van der Waals surface area (Å²) in [5.41, 5.74) is 5.22. The van der Waals surface area contributed by atoms with Gasteiger partial charge in [0.2, 0.25) is 0 Å². The second-order valence-corrected chi connectivity index (χ2v) is 8.20. The fourth-order valence-corrected chi connectivity index (χ4v) is 2.96. The molecule has 7 heteroatoms. The highest BCUT2D eigenvalue weighted by Crippen LogP contribution is 2.03. The third kappa shape index (κ3) is 5.56. The Kier molecular flexibility index (Phi) is 5.03. The maximum atomic E-state index is 11.4. The van der Waals surface area contributed by atoms with Crippen molar-refractivity contribution in [3.8, 4) is 0 Å². The Morgan fingerprint density at radius 1 is 1.14 bits per heavy atom. The second-order valence-electron chi connectivity index (χ2n) is 3.40. The zero-order chi connectivity index (χ0) is 11.4. The summed E-state index contributed by atoms with van der Waals surface area (Å²) in [6.45, 7) is 1.59. The molecule has 2 N–H and O–H groups in total. The average Bonchev–Trinajstić information content (AvgIpc) is 2.00. The van der Waals surface area contributed by atoms with E-state index in [1.807, 2.05) is 0 Å². The van der Waals surface area contributed by atoms with Gasteiger partial charge in [-0.05, 0) is 13.3 Å². The van der Waals surface area contributed by atoms with E-state index in [-0.39, 0.29) is 24.5 Å². The van der Waals surface area contributed by atoms with Crippen LogP contribution in [0.5, 0.6) is 0 Å². The molecular weight excluding hydrogens is 226 g/mol. The molecule has 0 saturated heterocycles. The SMILES string of the molecule is CC(CN)S(=O)(=O)CCCS(C)(=O)=O. The van der Waals surface area contributed by atoms with Crippen LogP contribution in [-0.2, 0) is 19.7 Å². The van der Waals surface area contributed by atoms with Crippen LogP contribution < -0.4 is 5.73 Å². The normalized spacial score (nSPS) is 15.4. The van der Waals surface area contributed by atoms with E-state index in [4.69, 9.17) is 5.73 Å². The van der Waals surface area contributed by atoms with Crippen LogP contribution in [0, 0.1) is 0 Å². The second kappa shape index (κ2) is 5.09. The van der Waals surface area contributed by atoms with Gasteiger partial charge in [-0.2, -0.15) is 0 Å². The van der Waals surface area contributed by atoms with Crippen molar-refractivity contribution in [1.82, 2.24) is 0 Å². The van der Waals surface area contributed by atoms with Gasteiger partial charge in [-0.25, -0.2) is 16.8 Å². The summed E-state index contributed by atoms with van der Waals surface area (Å²) in [4.78, 5) is 0. The number of hydrogen-bond acceptors (Lipinski definition) is 5. The molecule has 0 aromatic heterocycles. The smallest absolute Gasteiger partial charge is 0.154 e. The lowest BCUT2D eigenvalue weighted by Crippen LogP contribution is -2.29. The molecule has 0 aliphatic carbocycles. The van der Waals surface area contributed by atoms with Crippen LogP contribution in [-0.4, -0.2) is 46.4 Å². The number of nitrogens with two attached hydrogens (primary N) is 1. The molecule has 0 radical (unpaired) electrons. The first-order valence-electron chi connectivity index (χ1n) is 4.28. The summed E-state index contributed by atoms with van der Waals surface area (Å²) >= 11 is 0. The van der Waals surface area contributed by atoms with Gasteiger partial charge >= 0.3 is 0 Å². The highest BCUT2D eigenvalue weighted by Gasteiger charge is 2.19. The van der Waals surface area contributed by atoms with Gasteiger partial charge in [0.1, 0.15) is 9.84 Å². The first kappa shape index (κ1) is 13.9. The van der Waals surface area contributed by atoms with Gasteiger partial charge in [-0.15, -0.1) is 0 Å². The van der Waals surface area contributed by atoms with Crippen molar-refractivity contribution in [3.63, 3.8) is 0 Å². The molecule has 0 rings (SSSR count). The summed E-state index contributed by atoms with van der Waals surface area (Å²) in [6.07, 6.45) is 1.23. The van der Waals surface area contributed by atoms with Gasteiger partial charge in [-0.3, -0.25) is 0 Å². The third-order valence-corrected chi connectivity index (χ3v) is 5.20. The van der Waals surface area contributed by atoms with E-state index >= 15 is 0 Å². The monoisotopic (exact) mass is 243 g/mol. The van der Waals surface area contributed by atoms with Gasteiger partial charge in [0.25, 0.3) is 0 Å². The topological polar surface area (TPSA) is 94.3 Å². The molecule has 5 nitrogen and oxygen atoms in total. The molecule has 86 valence electrons. The molecule has 0 heterocycles. The van der Waals surface area contributed by atoms with E-state index in [1.54, 1.807) is 0 Å². The average molecular weight is 243 g/mol. The summed E-state index contributed by atoms with van der Waals surface area (Å²) in [5, 5.41) is -0.595. The van der Waals surface area contributed by atoms with Crippen LogP contribution in [0.15, 0.2) is 0 Å². The molecule has 0 aromatic rings. The fourth-order valence-electron chi connectivity index (χ4n) is 0.870. The number of rotatable bonds is 6. The molecule has 14 heavy (non-hydrogen) atoms. The van der Waals surface area contributed by atoms with Gasteiger partial charge in [-0.1, -0.05) is 0 Å². The van der Waals surface area contributed by atoms with Crippen molar-refractivity contribution in [2.24, 2.45) is 5.73 Å². The van der Waals surface area contributed by atoms with Crippen LogP contribution in [0.3, 0.4) is 0 Å². The molecular formula is C7H17NO4S2. The molecule has 0 fully saturated rings. The van der Waals surface area contributed by atoms with E-state index in [2.05, 4.69) is 0 Å². The molecule has 0 saturated carbocycles. The lowest BCUT2D eigenvalue weighted by Gasteiger charge is -2.09. The highest BCUT2D eigenvalue weighted by molar-refractivity contribution is 7.92. The first-order valence-corrected chi connectivity index (χ1v) is 8.06. The first-order chi connectivity index (χ1) is 6.19. The van der Waals surface area contributed by atoms with E-state index < -0.39 is 24.9 Å². The van der Waals surface area contributed by atoms with Gasteiger partial charge in [0, 0.05) is 12.8 Å². The Bertz CT molecular complexity index is 357. The Morgan fingerprint density at radius 2 is 1.64 bits per heavy atom. The summed E-state index contributed by atoms with van der Waals surface area (Å²) < 4.78 is 44.2. The predicted molar refractivity (Wildman–Crippen MR) is 56.6 cm³/mol. The maximum absolute atomic E-state index is 11.4. The predicted octanol–water partition coefficient (Wildman–Crippen LogP) is -0.817. The standard InChI is InChI=1S/C7H17NO4S2/c1-7(6-8)14(11,12)5-3-4-13(2,9)10/h7H,3-6,8H2,1-2H3. The minimum atomic E-state index is -3.22. The van der Waals surface area contributed by atoms with Crippen molar-refractivity contribution < 1.29 is 16.8 Å². The minimum absolute atomic E-state index is 0.0706. The zero-order valence-corrected chi connectivity index (χ0v) is 10.1. The lowest BCUT2D eigenvalue weighted by molar-refractivity contribution is 0.581. The fraction of sp³-hybridized carbons (Fsp3) is 1.00. The van der Waals surface area contributed by atoms with Crippen molar-refractivity contribution in [2.75, 3.05) is 24.3 Å². The van der Waals surface area contributed by atoms with Crippen molar-refractivity contribution in [3.05, 3.63) is 0 Å². The molecule has 0 aliphatic rings. The van der Waals surface area contributed by atoms with Gasteiger partial charge in [0.05, 0.1) is 16.8 Å². The molecule has 0 spiro atoms. The minimum Gasteiger partial charge on any atom is -0.329 e. The Balaban J connectivity index is 4.15. The van der Waals surface area contributed by atoms with Gasteiger partial charge in [0.15, 0.2) is 9.84 Å².